The predicted octanol–water partition coefficient (Wildman–Crippen LogP) is 2.41. The minimum absolute atomic E-state index is 0.372. The lowest BCUT2D eigenvalue weighted by atomic mass is 10.1. The second kappa shape index (κ2) is 8.72. The maximum atomic E-state index is 12.3. The fraction of sp³-hybridized carbons (Fsp3) is 0.263. The molecule has 126 valence electrons. The van der Waals surface area contributed by atoms with E-state index in [0.29, 0.717) is 25.2 Å². The number of amides is 2. The first-order chi connectivity index (χ1) is 11.7. The largest absolute Gasteiger partial charge is 0.496 e. The molecule has 0 saturated heterocycles. The first-order valence-corrected chi connectivity index (χ1v) is 7.94. The molecule has 0 bridgehead atoms. The van der Waals surface area contributed by atoms with Crippen molar-refractivity contribution in [2.75, 3.05) is 25.1 Å². The Balaban J connectivity index is 1.93. The summed E-state index contributed by atoms with van der Waals surface area (Å²) in [4.78, 5) is 25.9. The second-order valence-corrected chi connectivity index (χ2v) is 5.20. The summed E-state index contributed by atoms with van der Waals surface area (Å²) in [5.41, 5.74) is 1.70. The highest BCUT2D eigenvalue weighted by molar-refractivity contribution is 6.40. The first kappa shape index (κ1) is 17.5. The van der Waals surface area contributed by atoms with Crippen molar-refractivity contribution in [2.45, 2.75) is 13.3 Å². The van der Waals surface area contributed by atoms with Crippen LogP contribution in [0.5, 0.6) is 5.75 Å². The number of likely N-dealkylation sites (N-methyl/N-ethyl adjacent to an activating group) is 1. The Bertz CT molecular complexity index is 686. The fourth-order valence-electron chi connectivity index (χ4n) is 2.47. The Morgan fingerprint density at radius 2 is 1.71 bits per heavy atom. The minimum Gasteiger partial charge on any atom is -0.496 e. The molecule has 2 aromatic carbocycles. The van der Waals surface area contributed by atoms with Crippen LogP contribution in [0.2, 0.25) is 0 Å². The predicted molar refractivity (Wildman–Crippen MR) is 94.2 cm³/mol. The SMILES string of the molecule is CCN(C(=O)C(=O)NCCc1ccccc1OC)c1ccccc1. The van der Waals surface area contributed by atoms with Crippen LogP contribution in [0.25, 0.3) is 0 Å². The van der Waals surface area contributed by atoms with Crippen molar-refractivity contribution >= 4 is 17.5 Å². The molecule has 24 heavy (non-hydrogen) atoms. The maximum absolute atomic E-state index is 12.3. The van der Waals surface area contributed by atoms with Crippen LogP contribution in [-0.4, -0.2) is 32.0 Å². The minimum atomic E-state index is -0.601. The first-order valence-electron chi connectivity index (χ1n) is 7.94. The van der Waals surface area contributed by atoms with Gasteiger partial charge < -0.3 is 15.0 Å². The summed E-state index contributed by atoms with van der Waals surface area (Å²) in [6.07, 6.45) is 0.598. The van der Waals surface area contributed by atoms with Crippen molar-refractivity contribution in [2.24, 2.45) is 0 Å². The van der Waals surface area contributed by atoms with Crippen LogP contribution in [0.15, 0.2) is 54.6 Å². The van der Waals surface area contributed by atoms with E-state index in [4.69, 9.17) is 4.74 Å². The van der Waals surface area contributed by atoms with Crippen LogP contribution in [0, 0.1) is 0 Å². The molecule has 2 rings (SSSR count). The van der Waals surface area contributed by atoms with Crippen molar-refractivity contribution in [3.63, 3.8) is 0 Å². The summed E-state index contributed by atoms with van der Waals surface area (Å²) in [5.74, 6) is -0.378. The number of hydrogen-bond acceptors (Lipinski definition) is 3. The van der Waals surface area contributed by atoms with Crippen molar-refractivity contribution in [1.82, 2.24) is 5.32 Å². The van der Waals surface area contributed by atoms with E-state index in [1.54, 1.807) is 7.11 Å². The quantitative estimate of drug-likeness (QED) is 0.829. The molecule has 0 radical (unpaired) electrons. The van der Waals surface area contributed by atoms with Gasteiger partial charge in [-0.05, 0) is 37.1 Å². The number of carbonyl (C=O) groups excluding carboxylic acids is 2. The van der Waals surface area contributed by atoms with E-state index in [1.807, 2.05) is 61.5 Å². The normalized spacial score (nSPS) is 10.1. The van der Waals surface area contributed by atoms with E-state index in [1.165, 1.54) is 4.90 Å². The van der Waals surface area contributed by atoms with Gasteiger partial charge in [-0.3, -0.25) is 9.59 Å². The molecule has 0 aliphatic rings. The Hall–Kier alpha value is -2.82. The number of benzene rings is 2. The van der Waals surface area contributed by atoms with Gasteiger partial charge in [-0.15, -0.1) is 0 Å². The third-order valence-corrected chi connectivity index (χ3v) is 3.70. The van der Waals surface area contributed by atoms with Gasteiger partial charge in [0.1, 0.15) is 5.75 Å². The Kier molecular flexibility index (Phi) is 6.37. The van der Waals surface area contributed by atoms with Gasteiger partial charge in [-0.25, -0.2) is 0 Å². The van der Waals surface area contributed by atoms with Crippen molar-refractivity contribution in [3.8, 4) is 5.75 Å². The summed E-state index contributed by atoms with van der Waals surface area (Å²) < 4.78 is 5.28. The van der Waals surface area contributed by atoms with Gasteiger partial charge in [0.15, 0.2) is 0 Å². The van der Waals surface area contributed by atoms with Gasteiger partial charge in [0.05, 0.1) is 7.11 Å². The molecule has 0 fully saturated rings. The average molecular weight is 326 g/mol. The van der Waals surface area contributed by atoms with Gasteiger partial charge in [0, 0.05) is 18.8 Å². The molecule has 0 unspecified atom stereocenters. The number of anilines is 1. The van der Waals surface area contributed by atoms with Gasteiger partial charge >= 0.3 is 11.8 Å². The molecule has 2 aromatic rings. The van der Waals surface area contributed by atoms with Gasteiger partial charge in [0.25, 0.3) is 0 Å². The van der Waals surface area contributed by atoms with Crippen LogP contribution >= 0.6 is 0 Å². The molecule has 0 aliphatic carbocycles. The lowest BCUT2D eigenvalue weighted by Gasteiger charge is -2.20. The van der Waals surface area contributed by atoms with Crippen molar-refractivity contribution in [3.05, 3.63) is 60.2 Å². The number of hydrogen-bond donors (Lipinski definition) is 1. The summed E-state index contributed by atoms with van der Waals surface area (Å²) in [5, 5.41) is 2.68. The number of para-hydroxylation sites is 2. The number of nitrogens with one attached hydrogen (secondary N) is 1. The van der Waals surface area contributed by atoms with E-state index >= 15 is 0 Å². The molecular formula is C19H22N2O3. The number of carbonyl (C=O) groups is 2. The molecule has 5 nitrogen and oxygen atoms in total. The van der Waals surface area contributed by atoms with Crippen molar-refractivity contribution < 1.29 is 14.3 Å². The lowest BCUT2D eigenvalue weighted by molar-refractivity contribution is -0.137. The lowest BCUT2D eigenvalue weighted by Crippen LogP contribution is -2.43. The van der Waals surface area contributed by atoms with Gasteiger partial charge in [-0.2, -0.15) is 0 Å². The van der Waals surface area contributed by atoms with Crippen LogP contribution in [0.3, 0.4) is 0 Å². The molecule has 5 heteroatoms. The Labute approximate surface area is 142 Å². The van der Waals surface area contributed by atoms with E-state index in [9.17, 15) is 9.59 Å². The highest BCUT2D eigenvalue weighted by atomic mass is 16.5. The highest BCUT2D eigenvalue weighted by Crippen LogP contribution is 2.17. The van der Waals surface area contributed by atoms with Gasteiger partial charge in [0.2, 0.25) is 0 Å². The molecule has 0 heterocycles. The van der Waals surface area contributed by atoms with Gasteiger partial charge in [-0.1, -0.05) is 36.4 Å². The van der Waals surface area contributed by atoms with E-state index in [-0.39, 0.29) is 0 Å². The molecule has 0 spiro atoms. The fourth-order valence-corrected chi connectivity index (χ4v) is 2.47. The Morgan fingerprint density at radius 3 is 2.38 bits per heavy atom. The summed E-state index contributed by atoms with van der Waals surface area (Å²) in [6, 6.07) is 16.8. The van der Waals surface area contributed by atoms with Crippen molar-refractivity contribution in [1.29, 1.82) is 0 Å². The third kappa shape index (κ3) is 4.35. The monoisotopic (exact) mass is 326 g/mol. The topological polar surface area (TPSA) is 58.6 Å². The number of ether oxygens (including phenoxy) is 1. The standard InChI is InChI=1S/C19H22N2O3/c1-3-21(16-10-5-4-6-11-16)19(23)18(22)20-14-13-15-9-7-8-12-17(15)24-2/h4-12H,3,13-14H2,1-2H3,(H,20,22). The molecule has 0 saturated carbocycles. The summed E-state index contributed by atoms with van der Waals surface area (Å²) in [6.45, 7) is 2.65. The third-order valence-electron chi connectivity index (χ3n) is 3.70. The van der Waals surface area contributed by atoms with E-state index < -0.39 is 11.8 Å². The van der Waals surface area contributed by atoms with Crippen LogP contribution in [-0.2, 0) is 16.0 Å². The summed E-state index contributed by atoms with van der Waals surface area (Å²) >= 11 is 0. The maximum Gasteiger partial charge on any atom is 0.316 e. The highest BCUT2D eigenvalue weighted by Gasteiger charge is 2.21. The average Bonchev–Trinajstić information content (AvgIpc) is 2.63. The van der Waals surface area contributed by atoms with Crippen LogP contribution in [0.4, 0.5) is 5.69 Å². The molecule has 1 N–H and O–H groups in total. The molecule has 0 atom stereocenters. The molecular weight excluding hydrogens is 304 g/mol. The molecule has 0 aliphatic heterocycles. The zero-order valence-electron chi connectivity index (χ0n) is 14.0. The van der Waals surface area contributed by atoms with E-state index in [0.717, 1.165) is 11.3 Å². The second-order valence-electron chi connectivity index (χ2n) is 5.20. The molecule has 0 aromatic heterocycles. The summed E-state index contributed by atoms with van der Waals surface area (Å²) in [7, 11) is 1.61. The zero-order valence-corrected chi connectivity index (χ0v) is 14.0. The molecule has 2 amide bonds. The number of methoxy groups -OCH3 is 1. The smallest absolute Gasteiger partial charge is 0.316 e. The van der Waals surface area contributed by atoms with Crippen LogP contribution < -0.4 is 15.0 Å². The zero-order chi connectivity index (χ0) is 17.4. The number of rotatable bonds is 6. The van der Waals surface area contributed by atoms with E-state index in [2.05, 4.69) is 5.32 Å². The Morgan fingerprint density at radius 1 is 1.04 bits per heavy atom. The van der Waals surface area contributed by atoms with Crippen LogP contribution in [0.1, 0.15) is 12.5 Å². The number of nitrogens with zero attached hydrogens (tertiary/aromatic N) is 1.